The highest BCUT2D eigenvalue weighted by Gasteiger charge is 2.20. The van der Waals surface area contributed by atoms with Crippen LogP contribution in [0.15, 0.2) is 5.16 Å². The molecule has 104 valence electrons. The van der Waals surface area contributed by atoms with Crippen molar-refractivity contribution in [1.29, 1.82) is 0 Å². The van der Waals surface area contributed by atoms with Gasteiger partial charge in [0.2, 0.25) is 0 Å². The van der Waals surface area contributed by atoms with Gasteiger partial charge in [0, 0.05) is 7.05 Å². The lowest BCUT2D eigenvalue weighted by Crippen LogP contribution is -2.11. The van der Waals surface area contributed by atoms with Crippen LogP contribution in [0.5, 0.6) is 0 Å². The van der Waals surface area contributed by atoms with Gasteiger partial charge in [-0.1, -0.05) is 11.8 Å². The van der Waals surface area contributed by atoms with Crippen LogP contribution >= 0.6 is 11.8 Å². The van der Waals surface area contributed by atoms with E-state index in [0.29, 0.717) is 16.9 Å². The van der Waals surface area contributed by atoms with E-state index in [4.69, 9.17) is 5.11 Å². The second-order valence-electron chi connectivity index (χ2n) is 3.96. The SMILES string of the molecule is Cc1nn(C)c2c1nc(SCC(=O)O)n2CC(F)F. The molecular weight excluding hydrogens is 278 g/mol. The molecule has 0 radical (unpaired) electrons. The summed E-state index contributed by atoms with van der Waals surface area (Å²) in [6.45, 7) is 1.20. The van der Waals surface area contributed by atoms with Crippen LogP contribution in [-0.2, 0) is 18.4 Å². The second kappa shape index (κ2) is 5.16. The summed E-state index contributed by atoms with van der Waals surface area (Å²) in [4.78, 5) is 14.8. The fraction of sp³-hybridized carbons (Fsp3) is 0.500. The molecule has 0 saturated carbocycles. The van der Waals surface area contributed by atoms with E-state index in [1.165, 1.54) is 9.25 Å². The first kappa shape index (κ1) is 13.8. The number of nitrogens with zero attached hydrogens (tertiary/aromatic N) is 4. The number of rotatable bonds is 5. The van der Waals surface area contributed by atoms with E-state index in [9.17, 15) is 13.6 Å². The fourth-order valence-electron chi connectivity index (χ4n) is 1.85. The summed E-state index contributed by atoms with van der Waals surface area (Å²) in [5, 5.41) is 13.0. The highest BCUT2D eigenvalue weighted by Crippen LogP contribution is 2.26. The summed E-state index contributed by atoms with van der Waals surface area (Å²) in [7, 11) is 1.64. The number of carboxylic acids is 1. The molecule has 2 aromatic rings. The smallest absolute Gasteiger partial charge is 0.313 e. The maximum Gasteiger partial charge on any atom is 0.313 e. The van der Waals surface area contributed by atoms with Crippen molar-refractivity contribution in [2.24, 2.45) is 7.05 Å². The molecule has 0 spiro atoms. The van der Waals surface area contributed by atoms with Gasteiger partial charge in [-0.05, 0) is 6.92 Å². The minimum Gasteiger partial charge on any atom is -0.481 e. The molecule has 0 amide bonds. The van der Waals surface area contributed by atoms with Gasteiger partial charge in [-0.2, -0.15) is 5.10 Å². The zero-order valence-electron chi connectivity index (χ0n) is 10.3. The number of aromatic nitrogens is 4. The largest absolute Gasteiger partial charge is 0.481 e. The summed E-state index contributed by atoms with van der Waals surface area (Å²) in [6.07, 6.45) is -2.54. The molecule has 0 saturated heterocycles. The normalized spacial score (nSPS) is 11.6. The minimum atomic E-state index is -2.54. The van der Waals surface area contributed by atoms with Crippen LogP contribution in [-0.4, -0.2) is 42.6 Å². The predicted molar refractivity (Wildman–Crippen MR) is 65.6 cm³/mol. The number of hydrogen-bond acceptors (Lipinski definition) is 4. The lowest BCUT2D eigenvalue weighted by molar-refractivity contribution is -0.133. The van der Waals surface area contributed by atoms with Crippen LogP contribution in [0.3, 0.4) is 0 Å². The molecule has 2 aromatic heterocycles. The van der Waals surface area contributed by atoms with Crippen LogP contribution in [0.1, 0.15) is 5.69 Å². The Morgan fingerprint density at radius 1 is 1.53 bits per heavy atom. The molecule has 0 fully saturated rings. The van der Waals surface area contributed by atoms with E-state index in [1.807, 2.05) is 0 Å². The summed E-state index contributed by atoms with van der Waals surface area (Å²) < 4.78 is 28.1. The number of fused-ring (bicyclic) bond motifs is 1. The number of alkyl halides is 2. The highest BCUT2D eigenvalue weighted by molar-refractivity contribution is 7.99. The average molecular weight is 290 g/mol. The lowest BCUT2D eigenvalue weighted by Gasteiger charge is -2.07. The molecule has 19 heavy (non-hydrogen) atoms. The summed E-state index contributed by atoms with van der Waals surface area (Å²) in [6, 6.07) is 0. The Morgan fingerprint density at radius 3 is 2.79 bits per heavy atom. The van der Waals surface area contributed by atoms with E-state index >= 15 is 0 Å². The van der Waals surface area contributed by atoms with E-state index in [1.54, 1.807) is 14.0 Å². The average Bonchev–Trinajstić information content (AvgIpc) is 2.76. The van der Waals surface area contributed by atoms with Crippen molar-refractivity contribution in [3.05, 3.63) is 5.69 Å². The predicted octanol–water partition coefficient (Wildman–Crippen LogP) is 1.52. The lowest BCUT2D eigenvalue weighted by atomic mass is 10.4. The maximum atomic E-state index is 12.6. The van der Waals surface area contributed by atoms with Crippen LogP contribution in [0.4, 0.5) is 8.78 Å². The van der Waals surface area contributed by atoms with E-state index in [2.05, 4.69) is 10.1 Å². The number of hydrogen-bond donors (Lipinski definition) is 1. The zero-order valence-corrected chi connectivity index (χ0v) is 11.1. The van der Waals surface area contributed by atoms with Crippen molar-refractivity contribution >= 4 is 28.9 Å². The fourth-order valence-corrected chi connectivity index (χ4v) is 2.58. The van der Waals surface area contributed by atoms with Crippen LogP contribution in [0.25, 0.3) is 11.2 Å². The van der Waals surface area contributed by atoms with Crippen LogP contribution in [0, 0.1) is 6.92 Å². The number of aliphatic carboxylic acids is 1. The Bertz CT molecular complexity index is 623. The van der Waals surface area contributed by atoms with Crippen LogP contribution in [0.2, 0.25) is 0 Å². The van der Waals surface area contributed by atoms with Gasteiger partial charge < -0.3 is 5.11 Å². The van der Waals surface area contributed by atoms with Gasteiger partial charge in [0.15, 0.2) is 10.8 Å². The Hall–Kier alpha value is -1.64. The van der Waals surface area contributed by atoms with Gasteiger partial charge in [-0.3, -0.25) is 14.0 Å². The van der Waals surface area contributed by atoms with Crippen molar-refractivity contribution < 1.29 is 18.7 Å². The maximum absolute atomic E-state index is 12.6. The quantitative estimate of drug-likeness (QED) is 0.845. The zero-order chi connectivity index (χ0) is 14.2. The molecule has 0 bridgehead atoms. The van der Waals surface area contributed by atoms with Crippen molar-refractivity contribution in [3.63, 3.8) is 0 Å². The third-order valence-corrected chi connectivity index (χ3v) is 3.46. The Morgan fingerprint density at radius 2 is 2.21 bits per heavy atom. The second-order valence-corrected chi connectivity index (χ2v) is 4.90. The summed E-state index contributed by atoms with van der Waals surface area (Å²) in [5.41, 5.74) is 1.63. The van der Waals surface area contributed by atoms with E-state index < -0.39 is 18.9 Å². The van der Waals surface area contributed by atoms with Crippen molar-refractivity contribution in [1.82, 2.24) is 19.3 Å². The molecule has 0 unspecified atom stereocenters. The third-order valence-electron chi connectivity index (χ3n) is 2.50. The van der Waals surface area contributed by atoms with Gasteiger partial charge in [-0.15, -0.1) is 0 Å². The molecule has 2 rings (SSSR count). The van der Waals surface area contributed by atoms with Gasteiger partial charge >= 0.3 is 5.97 Å². The summed E-state index contributed by atoms with van der Waals surface area (Å²) >= 11 is 0.923. The summed E-state index contributed by atoms with van der Waals surface area (Å²) in [5.74, 6) is -1.24. The number of imidazole rings is 1. The molecule has 0 aliphatic heterocycles. The number of aryl methyl sites for hydroxylation is 2. The third kappa shape index (κ3) is 2.70. The van der Waals surface area contributed by atoms with Crippen LogP contribution < -0.4 is 0 Å². The number of carboxylic acid groups (broad SMARTS) is 1. The molecule has 0 aromatic carbocycles. The van der Waals surface area contributed by atoms with Crippen molar-refractivity contribution in [3.8, 4) is 0 Å². The van der Waals surface area contributed by atoms with Crippen molar-refractivity contribution in [2.45, 2.75) is 25.1 Å². The van der Waals surface area contributed by atoms with E-state index in [0.717, 1.165) is 11.8 Å². The number of thioether (sulfide) groups is 1. The number of halogens is 2. The first-order valence-electron chi connectivity index (χ1n) is 5.42. The van der Waals surface area contributed by atoms with Gasteiger partial charge in [0.25, 0.3) is 6.43 Å². The number of carbonyl (C=O) groups is 1. The molecule has 1 N–H and O–H groups in total. The van der Waals surface area contributed by atoms with E-state index in [-0.39, 0.29) is 10.9 Å². The van der Waals surface area contributed by atoms with Gasteiger partial charge in [-0.25, -0.2) is 13.8 Å². The molecule has 0 atom stereocenters. The monoisotopic (exact) mass is 290 g/mol. The highest BCUT2D eigenvalue weighted by atomic mass is 32.2. The van der Waals surface area contributed by atoms with Crippen molar-refractivity contribution in [2.75, 3.05) is 5.75 Å². The molecule has 6 nitrogen and oxygen atoms in total. The molecular formula is C10H12F2N4O2S. The first-order valence-corrected chi connectivity index (χ1v) is 6.41. The molecule has 9 heteroatoms. The molecule has 0 aliphatic rings. The van der Waals surface area contributed by atoms with Gasteiger partial charge in [0.1, 0.15) is 5.52 Å². The Balaban J connectivity index is 2.49. The topological polar surface area (TPSA) is 72.9 Å². The molecule has 0 aliphatic carbocycles. The molecule has 2 heterocycles. The first-order chi connectivity index (χ1) is 8.90. The standard InChI is InChI=1S/C10H12F2N4O2S/c1-5-8-9(15(2)14-5)16(3-6(11)12)10(13-8)19-4-7(17)18/h6H,3-4H2,1-2H3,(H,17,18). The minimum absolute atomic E-state index is 0.223. The Kier molecular flexibility index (Phi) is 3.74. The Labute approximate surface area is 111 Å². The van der Waals surface area contributed by atoms with Gasteiger partial charge in [0.05, 0.1) is 18.0 Å².